The maximum absolute atomic E-state index is 12.6. The van der Waals surface area contributed by atoms with Gasteiger partial charge in [-0.15, -0.1) is 0 Å². The van der Waals surface area contributed by atoms with Crippen LogP contribution < -0.4 is 5.56 Å². The number of carbonyl (C=O) groups is 1. The van der Waals surface area contributed by atoms with Crippen LogP contribution in [0.4, 0.5) is 0 Å². The van der Waals surface area contributed by atoms with Gasteiger partial charge in [-0.25, -0.2) is 0 Å². The number of hydrogen-bond donors (Lipinski definition) is 1. The molecule has 1 spiro atoms. The Kier molecular flexibility index (Phi) is 4.55. The number of amides is 1. The maximum atomic E-state index is 12.6. The number of aryl methyl sites for hydroxylation is 1. The van der Waals surface area contributed by atoms with Gasteiger partial charge in [-0.1, -0.05) is 0 Å². The fourth-order valence-corrected chi connectivity index (χ4v) is 3.56. The molecule has 1 atom stereocenters. The highest BCUT2D eigenvalue weighted by atomic mass is 16.5. The maximum Gasteiger partial charge on any atom is 0.254 e. The van der Waals surface area contributed by atoms with E-state index in [0.717, 1.165) is 12.8 Å². The Labute approximate surface area is 135 Å². The van der Waals surface area contributed by atoms with E-state index in [1.165, 1.54) is 6.07 Å². The summed E-state index contributed by atoms with van der Waals surface area (Å²) < 4.78 is 7.42. The molecule has 1 aromatic heterocycles. The molecule has 0 bridgehead atoms. The van der Waals surface area contributed by atoms with E-state index in [1.54, 1.807) is 21.7 Å². The smallest absolute Gasteiger partial charge is 0.254 e. The van der Waals surface area contributed by atoms with E-state index in [-0.39, 0.29) is 11.5 Å². The van der Waals surface area contributed by atoms with Crippen LogP contribution in [0.3, 0.4) is 0 Å². The summed E-state index contributed by atoms with van der Waals surface area (Å²) in [7, 11) is 0. The van der Waals surface area contributed by atoms with Crippen molar-refractivity contribution in [3.63, 3.8) is 0 Å². The van der Waals surface area contributed by atoms with Crippen molar-refractivity contribution < 1.29 is 14.6 Å². The van der Waals surface area contributed by atoms with E-state index in [0.29, 0.717) is 44.6 Å². The Balaban J connectivity index is 1.68. The summed E-state index contributed by atoms with van der Waals surface area (Å²) in [5.41, 5.74) is -0.209. The van der Waals surface area contributed by atoms with Crippen LogP contribution in [0.15, 0.2) is 23.1 Å². The van der Waals surface area contributed by atoms with E-state index >= 15 is 0 Å². The molecule has 1 N–H and O–H groups in total. The summed E-state index contributed by atoms with van der Waals surface area (Å²) >= 11 is 0. The van der Waals surface area contributed by atoms with Crippen LogP contribution in [0.25, 0.3) is 0 Å². The zero-order valence-corrected chi connectivity index (χ0v) is 13.5. The van der Waals surface area contributed by atoms with Gasteiger partial charge < -0.3 is 19.3 Å². The molecular weight excluding hydrogens is 296 g/mol. The predicted molar refractivity (Wildman–Crippen MR) is 85.4 cm³/mol. The van der Waals surface area contributed by atoms with Gasteiger partial charge in [0.15, 0.2) is 0 Å². The molecule has 3 heterocycles. The van der Waals surface area contributed by atoms with E-state index in [1.807, 2.05) is 6.92 Å². The summed E-state index contributed by atoms with van der Waals surface area (Å²) in [5, 5.41) is 10.2. The number of rotatable bonds is 2. The number of aromatic nitrogens is 1. The summed E-state index contributed by atoms with van der Waals surface area (Å²) in [6.07, 6.45) is 4.16. The molecule has 126 valence electrons. The largest absolute Gasteiger partial charge is 0.390 e. The van der Waals surface area contributed by atoms with Crippen LogP contribution in [-0.2, 0) is 11.3 Å². The SMILES string of the molecule is CCn1ccc(C(=O)N2CCC3(CC2)OCCCC3O)cc1=O. The van der Waals surface area contributed by atoms with Crippen LogP contribution in [0.5, 0.6) is 0 Å². The van der Waals surface area contributed by atoms with E-state index in [4.69, 9.17) is 4.74 Å². The zero-order valence-electron chi connectivity index (χ0n) is 13.5. The van der Waals surface area contributed by atoms with Gasteiger partial charge in [-0.2, -0.15) is 0 Å². The Bertz CT molecular complexity index is 632. The third-order valence-corrected chi connectivity index (χ3v) is 5.10. The van der Waals surface area contributed by atoms with Crippen molar-refractivity contribution >= 4 is 5.91 Å². The van der Waals surface area contributed by atoms with Crippen LogP contribution in [0.1, 0.15) is 43.0 Å². The number of nitrogens with zero attached hydrogens (tertiary/aromatic N) is 2. The van der Waals surface area contributed by atoms with Gasteiger partial charge in [0, 0.05) is 44.1 Å². The summed E-state index contributed by atoms with van der Waals surface area (Å²) in [5.74, 6) is -0.120. The molecule has 3 rings (SSSR count). The van der Waals surface area contributed by atoms with Crippen molar-refractivity contribution in [2.75, 3.05) is 19.7 Å². The minimum atomic E-state index is -0.485. The first-order valence-electron chi connectivity index (χ1n) is 8.37. The predicted octanol–water partition coefficient (Wildman–Crippen LogP) is 1.01. The Morgan fingerprint density at radius 1 is 1.43 bits per heavy atom. The quantitative estimate of drug-likeness (QED) is 0.883. The number of aliphatic hydroxyl groups excluding tert-OH is 1. The van der Waals surface area contributed by atoms with Crippen molar-refractivity contribution in [1.29, 1.82) is 0 Å². The lowest BCUT2D eigenvalue weighted by atomic mass is 9.82. The molecule has 1 aromatic rings. The lowest BCUT2D eigenvalue weighted by Gasteiger charge is -2.46. The number of piperidine rings is 1. The average Bonchev–Trinajstić information content (AvgIpc) is 2.58. The van der Waals surface area contributed by atoms with E-state index in [9.17, 15) is 14.7 Å². The molecule has 0 radical (unpaired) electrons. The number of carbonyl (C=O) groups excluding carboxylic acids is 1. The molecule has 2 aliphatic rings. The normalized spacial score (nSPS) is 23.9. The van der Waals surface area contributed by atoms with Crippen molar-refractivity contribution in [2.24, 2.45) is 0 Å². The number of hydrogen-bond acceptors (Lipinski definition) is 4. The highest BCUT2D eigenvalue weighted by molar-refractivity contribution is 5.94. The third-order valence-electron chi connectivity index (χ3n) is 5.10. The molecule has 0 aromatic carbocycles. The van der Waals surface area contributed by atoms with Gasteiger partial charge in [-0.3, -0.25) is 9.59 Å². The third kappa shape index (κ3) is 3.05. The molecule has 23 heavy (non-hydrogen) atoms. The highest BCUT2D eigenvalue weighted by Gasteiger charge is 2.44. The van der Waals surface area contributed by atoms with Gasteiger partial charge in [0.25, 0.3) is 11.5 Å². The zero-order chi connectivity index (χ0) is 16.4. The Hall–Kier alpha value is -1.66. The molecule has 6 heteroatoms. The first kappa shape index (κ1) is 16.2. The monoisotopic (exact) mass is 320 g/mol. The van der Waals surface area contributed by atoms with Crippen molar-refractivity contribution in [3.8, 4) is 0 Å². The second-order valence-corrected chi connectivity index (χ2v) is 6.40. The lowest BCUT2D eigenvalue weighted by Crippen LogP contribution is -2.56. The van der Waals surface area contributed by atoms with Gasteiger partial charge in [0.2, 0.25) is 0 Å². The second kappa shape index (κ2) is 6.45. The number of aliphatic hydroxyl groups is 1. The number of pyridine rings is 1. The molecule has 1 unspecified atom stereocenters. The molecule has 6 nitrogen and oxygen atoms in total. The molecule has 2 aliphatic heterocycles. The molecule has 0 aliphatic carbocycles. The molecule has 1 amide bonds. The molecular formula is C17H24N2O4. The van der Waals surface area contributed by atoms with Crippen molar-refractivity contribution in [3.05, 3.63) is 34.2 Å². The number of likely N-dealkylation sites (tertiary alicyclic amines) is 1. The van der Waals surface area contributed by atoms with Crippen LogP contribution in [-0.4, -0.2) is 51.9 Å². The standard InChI is InChI=1S/C17H24N2O4/c1-2-18-8-5-13(12-15(18)21)16(22)19-9-6-17(7-10-19)14(20)4-3-11-23-17/h5,8,12,14,20H,2-4,6-7,9-11H2,1H3. The molecule has 2 saturated heterocycles. The van der Waals surface area contributed by atoms with Crippen LogP contribution in [0.2, 0.25) is 0 Å². The van der Waals surface area contributed by atoms with Crippen LogP contribution >= 0.6 is 0 Å². The minimum Gasteiger partial charge on any atom is -0.390 e. The molecule has 0 saturated carbocycles. The first-order chi connectivity index (χ1) is 11.1. The molecule has 2 fully saturated rings. The summed E-state index contributed by atoms with van der Waals surface area (Å²) in [4.78, 5) is 26.2. The number of ether oxygens (including phenoxy) is 1. The van der Waals surface area contributed by atoms with Gasteiger partial charge in [-0.05, 0) is 38.7 Å². The highest BCUT2D eigenvalue weighted by Crippen LogP contribution is 2.35. The second-order valence-electron chi connectivity index (χ2n) is 6.40. The minimum absolute atomic E-state index is 0.120. The fourth-order valence-electron chi connectivity index (χ4n) is 3.56. The average molecular weight is 320 g/mol. The first-order valence-corrected chi connectivity index (χ1v) is 8.37. The summed E-state index contributed by atoms with van der Waals surface area (Å²) in [6, 6.07) is 3.10. The Morgan fingerprint density at radius 3 is 2.78 bits per heavy atom. The van der Waals surface area contributed by atoms with Gasteiger partial charge in [0.05, 0.1) is 11.7 Å². The lowest BCUT2D eigenvalue weighted by molar-refractivity contribution is -0.174. The van der Waals surface area contributed by atoms with Crippen molar-refractivity contribution in [1.82, 2.24) is 9.47 Å². The summed E-state index contributed by atoms with van der Waals surface area (Å²) in [6.45, 7) is 4.26. The van der Waals surface area contributed by atoms with Gasteiger partial charge >= 0.3 is 0 Å². The van der Waals surface area contributed by atoms with Crippen molar-refractivity contribution in [2.45, 2.75) is 50.9 Å². The Morgan fingerprint density at radius 2 is 2.17 bits per heavy atom. The topological polar surface area (TPSA) is 71.8 Å². The fraction of sp³-hybridized carbons (Fsp3) is 0.647. The van der Waals surface area contributed by atoms with Gasteiger partial charge in [0.1, 0.15) is 0 Å². The van der Waals surface area contributed by atoms with Crippen LogP contribution in [0, 0.1) is 0 Å². The van der Waals surface area contributed by atoms with E-state index < -0.39 is 11.7 Å². The van der Waals surface area contributed by atoms with E-state index in [2.05, 4.69) is 0 Å².